The van der Waals surface area contributed by atoms with Crippen molar-refractivity contribution < 1.29 is 4.52 Å². The van der Waals surface area contributed by atoms with E-state index in [-0.39, 0.29) is 0 Å². The molecule has 0 saturated carbocycles. The summed E-state index contributed by atoms with van der Waals surface area (Å²) in [6.07, 6.45) is 3.58. The Morgan fingerprint density at radius 2 is 1.92 bits per heavy atom. The Bertz CT molecular complexity index is 211. The van der Waals surface area contributed by atoms with E-state index in [1.54, 1.807) is 0 Å². The minimum atomic E-state index is 0.636. The molecular weight excluding hydrogens is 179 g/mol. The Morgan fingerprint density at radius 1 is 1.15 bits per heavy atom. The second-order valence-corrected chi connectivity index (χ2v) is 3.69. The van der Waals surface area contributed by atoms with Gasteiger partial charge < -0.3 is 4.52 Å². The van der Waals surface area contributed by atoms with Gasteiger partial charge in [-0.2, -0.15) is 0 Å². The maximum atomic E-state index is 5.30. The molecule has 0 spiro atoms. The summed E-state index contributed by atoms with van der Waals surface area (Å²) in [5.74, 6) is 0. The van der Waals surface area contributed by atoms with Gasteiger partial charge in [-0.15, -0.1) is 0 Å². The van der Waals surface area contributed by atoms with Crippen molar-refractivity contribution in [2.24, 2.45) is 0 Å². The highest BCUT2D eigenvalue weighted by atomic mass is 31.1. The molecular formula is C11H17OP. The van der Waals surface area contributed by atoms with Crippen LogP contribution in [-0.4, -0.2) is 13.3 Å². The van der Waals surface area contributed by atoms with Gasteiger partial charge in [-0.3, -0.25) is 0 Å². The molecule has 0 aliphatic heterocycles. The Morgan fingerprint density at radius 3 is 2.62 bits per heavy atom. The molecule has 1 nitrogen and oxygen atoms in total. The van der Waals surface area contributed by atoms with Gasteiger partial charge in [0.15, 0.2) is 0 Å². The van der Waals surface area contributed by atoms with Crippen LogP contribution < -0.4 is 0 Å². The lowest BCUT2D eigenvalue weighted by molar-refractivity contribution is 0.350. The van der Waals surface area contributed by atoms with Crippen LogP contribution in [0.1, 0.15) is 18.4 Å². The van der Waals surface area contributed by atoms with E-state index in [0.29, 0.717) is 8.81 Å². The Labute approximate surface area is 82.4 Å². The van der Waals surface area contributed by atoms with Crippen LogP contribution in [-0.2, 0) is 10.9 Å². The van der Waals surface area contributed by atoms with Gasteiger partial charge in [-0.05, 0) is 31.5 Å². The smallest absolute Gasteiger partial charge is 0.0505 e. The number of benzene rings is 1. The van der Waals surface area contributed by atoms with E-state index in [1.807, 2.05) is 0 Å². The average molecular weight is 196 g/mol. The van der Waals surface area contributed by atoms with E-state index in [9.17, 15) is 0 Å². The van der Waals surface area contributed by atoms with Crippen molar-refractivity contribution in [1.82, 2.24) is 0 Å². The van der Waals surface area contributed by atoms with Crippen LogP contribution in [0.5, 0.6) is 0 Å². The van der Waals surface area contributed by atoms with Crippen LogP contribution in [0, 0.1) is 0 Å². The predicted molar refractivity (Wildman–Crippen MR) is 59.6 cm³/mol. The van der Waals surface area contributed by atoms with Gasteiger partial charge in [0, 0.05) is 8.81 Å². The lowest BCUT2D eigenvalue weighted by atomic mass is 10.1. The average Bonchev–Trinajstić information content (AvgIpc) is 2.19. The Kier molecular flexibility index (Phi) is 5.80. The third kappa shape index (κ3) is 5.02. The molecule has 0 N–H and O–H groups in total. The molecule has 0 heterocycles. The number of hydrogen-bond acceptors (Lipinski definition) is 1. The Balaban J connectivity index is 2.07. The van der Waals surface area contributed by atoms with Crippen molar-refractivity contribution in [3.05, 3.63) is 35.9 Å². The largest absolute Gasteiger partial charge is 0.363 e. The number of rotatable bonds is 6. The van der Waals surface area contributed by atoms with Gasteiger partial charge >= 0.3 is 0 Å². The molecule has 13 heavy (non-hydrogen) atoms. The highest BCUT2D eigenvalue weighted by Crippen LogP contribution is 2.08. The molecule has 0 fully saturated rings. The molecule has 2 heteroatoms. The summed E-state index contributed by atoms with van der Waals surface area (Å²) in [6.45, 7) is 2.99. The van der Waals surface area contributed by atoms with Crippen LogP contribution >= 0.6 is 8.81 Å². The summed E-state index contributed by atoms with van der Waals surface area (Å²) in [5.41, 5.74) is 1.43. The van der Waals surface area contributed by atoms with E-state index in [4.69, 9.17) is 4.52 Å². The molecule has 0 aliphatic rings. The van der Waals surface area contributed by atoms with Crippen LogP contribution in [0.25, 0.3) is 0 Å². The number of aryl methyl sites for hydroxylation is 1. The van der Waals surface area contributed by atoms with E-state index in [2.05, 4.69) is 37.0 Å². The second-order valence-electron chi connectivity index (χ2n) is 3.00. The molecule has 1 aromatic carbocycles. The first-order valence-corrected chi connectivity index (χ1v) is 6.17. The van der Waals surface area contributed by atoms with Crippen LogP contribution in [0.4, 0.5) is 0 Å². The quantitative estimate of drug-likeness (QED) is 0.501. The van der Waals surface area contributed by atoms with E-state index in [0.717, 1.165) is 6.61 Å². The molecule has 0 saturated heterocycles. The molecule has 0 radical (unpaired) electrons. The lowest BCUT2D eigenvalue weighted by Gasteiger charge is -2.01. The highest BCUT2D eigenvalue weighted by molar-refractivity contribution is 7.31. The topological polar surface area (TPSA) is 9.23 Å². The first kappa shape index (κ1) is 10.7. The summed E-state index contributed by atoms with van der Waals surface area (Å²) >= 11 is 0. The normalized spacial score (nSPS) is 11.2. The van der Waals surface area contributed by atoms with Gasteiger partial charge in [-0.25, -0.2) is 0 Å². The standard InChI is InChI=1S/C11H17OP/c1-13-12-10-6-5-9-11-7-3-2-4-8-11/h2-4,7-8,13H,5-6,9-10H2,1H3. The SMILES string of the molecule is CPOCCCCc1ccccc1. The summed E-state index contributed by atoms with van der Waals surface area (Å²) in [4.78, 5) is 0. The monoisotopic (exact) mass is 196 g/mol. The fraction of sp³-hybridized carbons (Fsp3) is 0.455. The van der Waals surface area contributed by atoms with Gasteiger partial charge in [0.2, 0.25) is 0 Å². The first-order valence-electron chi connectivity index (χ1n) is 4.76. The number of unbranched alkanes of at least 4 members (excludes halogenated alkanes) is 1. The summed E-state index contributed by atoms with van der Waals surface area (Å²) in [7, 11) is 0.636. The first-order chi connectivity index (χ1) is 6.43. The van der Waals surface area contributed by atoms with Crippen molar-refractivity contribution >= 4 is 8.81 Å². The second kappa shape index (κ2) is 7.06. The van der Waals surface area contributed by atoms with E-state index >= 15 is 0 Å². The minimum Gasteiger partial charge on any atom is -0.363 e. The van der Waals surface area contributed by atoms with Crippen molar-refractivity contribution in [3.8, 4) is 0 Å². The van der Waals surface area contributed by atoms with Crippen molar-refractivity contribution in [1.29, 1.82) is 0 Å². The molecule has 1 atom stereocenters. The van der Waals surface area contributed by atoms with Crippen LogP contribution in [0.15, 0.2) is 30.3 Å². The molecule has 0 bridgehead atoms. The van der Waals surface area contributed by atoms with E-state index < -0.39 is 0 Å². The van der Waals surface area contributed by atoms with E-state index in [1.165, 1.54) is 24.8 Å². The molecule has 1 aromatic rings. The molecule has 0 aliphatic carbocycles. The molecule has 1 unspecified atom stereocenters. The number of hydrogen-bond donors (Lipinski definition) is 0. The van der Waals surface area contributed by atoms with Crippen LogP contribution in [0.2, 0.25) is 0 Å². The zero-order valence-electron chi connectivity index (χ0n) is 8.12. The lowest BCUT2D eigenvalue weighted by Crippen LogP contribution is -1.89. The van der Waals surface area contributed by atoms with Gasteiger partial charge in [-0.1, -0.05) is 30.3 Å². The third-order valence-corrected chi connectivity index (χ3v) is 2.44. The highest BCUT2D eigenvalue weighted by Gasteiger charge is 1.91. The fourth-order valence-corrected chi connectivity index (χ4v) is 1.60. The zero-order chi connectivity index (χ0) is 9.36. The van der Waals surface area contributed by atoms with Crippen molar-refractivity contribution in [2.75, 3.05) is 13.3 Å². The molecule has 1 rings (SSSR count). The van der Waals surface area contributed by atoms with Crippen molar-refractivity contribution in [3.63, 3.8) is 0 Å². The van der Waals surface area contributed by atoms with Gasteiger partial charge in [0.05, 0.1) is 6.61 Å². The molecule has 0 amide bonds. The zero-order valence-corrected chi connectivity index (χ0v) is 9.12. The summed E-state index contributed by atoms with van der Waals surface area (Å²) in [5, 5.41) is 0. The molecule has 72 valence electrons. The maximum Gasteiger partial charge on any atom is 0.0505 e. The summed E-state index contributed by atoms with van der Waals surface area (Å²) < 4.78 is 5.30. The maximum absolute atomic E-state index is 5.30. The van der Waals surface area contributed by atoms with Crippen LogP contribution in [0.3, 0.4) is 0 Å². The molecule has 0 aromatic heterocycles. The predicted octanol–water partition coefficient (Wildman–Crippen LogP) is 3.25. The van der Waals surface area contributed by atoms with Gasteiger partial charge in [0.1, 0.15) is 0 Å². The fourth-order valence-electron chi connectivity index (χ4n) is 1.25. The minimum absolute atomic E-state index is 0.636. The summed E-state index contributed by atoms with van der Waals surface area (Å²) in [6, 6.07) is 10.6. The Hall–Kier alpha value is -0.390. The third-order valence-electron chi connectivity index (χ3n) is 1.95. The van der Waals surface area contributed by atoms with Crippen molar-refractivity contribution in [2.45, 2.75) is 19.3 Å². The van der Waals surface area contributed by atoms with Gasteiger partial charge in [0.25, 0.3) is 0 Å².